The third kappa shape index (κ3) is 4.42. The smallest absolute Gasteiger partial charge is 0.257 e. The maximum absolute atomic E-state index is 12.4. The van der Waals surface area contributed by atoms with E-state index in [0.717, 1.165) is 38.4 Å². The van der Waals surface area contributed by atoms with Gasteiger partial charge in [0.05, 0.1) is 11.7 Å². The SMILES string of the molecule is O=C(Nc1cccc(Cl)c1)c1ccc(N2CCC(C3CCCO3)CC2)nc1. The van der Waals surface area contributed by atoms with Crippen molar-refractivity contribution < 1.29 is 9.53 Å². The van der Waals surface area contributed by atoms with Crippen LogP contribution in [0.4, 0.5) is 11.5 Å². The highest BCUT2D eigenvalue weighted by Gasteiger charge is 2.29. The van der Waals surface area contributed by atoms with Gasteiger partial charge in [0.15, 0.2) is 0 Å². The zero-order valence-electron chi connectivity index (χ0n) is 15.2. The Kier molecular flexibility index (Phi) is 5.60. The van der Waals surface area contributed by atoms with E-state index in [2.05, 4.69) is 15.2 Å². The summed E-state index contributed by atoms with van der Waals surface area (Å²) in [6, 6.07) is 10.9. The highest BCUT2D eigenvalue weighted by Crippen LogP contribution is 2.30. The molecule has 0 bridgehead atoms. The van der Waals surface area contributed by atoms with Crippen LogP contribution in [0.1, 0.15) is 36.0 Å². The highest BCUT2D eigenvalue weighted by molar-refractivity contribution is 6.30. The number of benzene rings is 1. The molecule has 2 saturated heterocycles. The van der Waals surface area contributed by atoms with Crippen LogP contribution < -0.4 is 10.2 Å². The average molecular weight is 386 g/mol. The van der Waals surface area contributed by atoms with Crippen molar-refractivity contribution in [3.05, 3.63) is 53.2 Å². The average Bonchev–Trinajstić information content (AvgIpc) is 3.23. The van der Waals surface area contributed by atoms with Gasteiger partial charge in [-0.05, 0) is 61.9 Å². The van der Waals surface area contributed by atoms with Crippen LogP contribution in [0.5, 0.6) is 0 Å². The van der Waals surface area contributed by atoms with Crippen LogP contribution in [0, 0.1) is 5.92 Å². The summed E-state index contributed by atoms with van der Waals surface area (Å²) in [4.78, 5) is 19.2. The second-order valence-electron chi connectivity index (χ2n) is 7.25. The van der Waals surface area contributed by atoms with Gasteiger partial charge in [-0.2, -0.15) is 0 Å². The Morgan fingerprint density at radius 2 is 2.04 bits per heavy atom. The number of anilines is 2. The molecule has 0 spiro atoms. The molecule has 1 aromatic heterocycles. The minimum Gasteiger partial charge on any atom is -0.378 e. The molecule has 1 atom stereocenters. The molecule has 2 aliphatic rings. The van der Waals surface area contributed by atoms with E-state index >= 15 is 0 Å². The minimum atomic E-state index is -0.187. The Morgan fingerprint density at radius 3 is 2.70 bits per heavy atom. The zero-order valence-corrected chi connectivity index (χ0v) is 16.0. The number of aromatic nitrogens is 1. The number of amides is 1. The van der Waals surface area contributed by atoms with Crippen LogP contribution in [-0.2, 0) is 4.74 Å². The Bertz CT molecular complexity index is 782. The highest BCUT2D eigenvalue weighted by atomic mass is 35.5. The molecule has 0 radical (unpaired) electrons. The standard InChI is InChI=1S/C21H24ClN3O2/c22-17-3-1-4-18(13-17)24-21(26)16-6-7-20(23-14-16)25-10-8-15(9-11-25)19-5-2-12-27-19/h1,3-4,6-7,13-15,19H,2,5,8-12H2,(H,24,26). The van der Waals surface area contributed by atoms with Crippen molar-refractivity contribution >= 4 is 29.0 Å². The number of ether oxygens (including phenoxy) is 1. The molecule has 142 valence electrons. The van der Waals surface area contributed by atoms with E-state index in [4.69, 9.17) is 16.3 Å². The number of nitrogens with one attached hydrogen (secondary N) is 1. The normalized spacial score (nSPS) is 20.6. The number of carbonyl (C=O) groups excluding carboxylic acids is 1. The number of piperidine rings is 1. The molecule has 2 aliphatic heterocycles. The fourth-order valence-electron chi connectivity index (χ4n) is 3.95. The molecule has 6 heteroatoms. The summed E-state index contributed by atoms with van der Waals surface area (Å²) < 4.78 is 5.84. The van der Waals surface area contributed by atoms with Crippen LogP contribution in [0.15, 0.2) is 42.6 Å². The summed E-state index contributed by atoms with van der Waals surface area (Å²) in [6.07, 6.45) is 6.79. The van der Waals surface area contributed by atoms with Crippen molar-refractivity contribution in [1.29, 1.82) is 0 Å². The van der Waals surface area contributed by atoms with Gasteiger partial charge in [-0.3, -0.25) is 4.79 Å². The number of nitrogens with zero attached hydrogens (tertiary/aromatic N) is 2. The van der Waals surface area contributed by atoms with Crippen molar-refractivity contribution in [3.63, 3.8) is 0 Å². The van der Waals surface area contributed by atoms with Crippen LogP contribution in [-0.4, -0.2) is 36.7 Å². The molecule has 0 aliphatic carbocycles. The van der Waals surface area contributed by atoms with Crippen LogP contribution >= 0.6 is 11.6 Å². The van der Waals surface area contributed by atoms with Gasteiger partial charge in [-0.1, -0.05) is 17.7 Å². The second-order valence-corrected chi connectivity index (χ2v) is 7.68. The van der Waals surface area contributed by atoms with Crippen molar-refractivity contribution in [2.24, 2.45) is 5.92 Å². The minimum absolute atomic E-state index is 0.187. The fraction of sp³-hybridized carbons (Fsp3) is 0.429. The third-order valence-electron chi connectivity index (χ3n) is 5.45. The largest absolute Gasteiger partial charge is 0.378 e. The van der Waals surface area contributed by atoms with Crippen molar-refractivity contribution in [2.45, 2.75) is 31.8 Å². The summed E-state index contributed by atoms with van der Waals surface area (Å²) >= 11 is 5.96. The van der Waals surface area contributed by atoms with Gasteiger partial charge in [0.1, 0.15) is 5.82 Å². The first kappa shape index (κ1) is 18.3. The van der Waals surface area contributed by atoms with Crippen molar-refractivity contribution in [3.8, 4) is 0 Å². The molecule has 2 fully saturated rings. The maximum atomic E-state index is 12.4. The topological polar surface area (TPSA) is 54.5 Å². The molecule has 1 amide bonds. The fourth-order valence-corrected chi connectivity index (χ4v) is 4.14. The first-order chi connectivity index (χ1) is 13.2. The van der Waals surface area contributed by atoms with Gasteiger partial charge >= 0.3 is 0 Å². The van der Waals surface area contributed by atoms with E-state index in [9.17, 15) is 4.79 Å². The Morgan fingerprint density at radius 1 is 1.19 bits per heavy atom. The van der Waals surface area contributed by atoms with E-state index < -0.39 is 0 Å². The van der Waals surface area contributed by atoms with Gasteiger partial charge in [-0.15, -0.1) is 0 Å². The number of rotatable bonds is 4. The summed E-state index contributed by atoms with van der Waals surface area (Å²) in [6.45, 7) is 2.91. The molecule has 1 aromatic carbocycles. The molecule has 5 nitrogen and oxygen atoms in total. The second kappa shape index (κ2) is 8.28. The van der Waals surface area contributed by atoms with E-state index in [0.29, 0.717) is 28.3 Å². The zero-order chi connectivity index (χ0) is 18.6. The van der Waals surface area contributed by atoms with Crippen molar-refractivity contribution in [2.75, 3.05) is 29.9 Å². The van der Waals surface area contributed by atoms with Crippen LogP contribution in [0.2, 0.25) is 5.02 Å². The first-order valence-corrected chi connectivity index (χ1v) is 9.96. The maximum Gasteiger partial charge on any atom is 0.257 e. The molecule has 27 heavy (non-hydrogen) atoms. The summed E-state index contributed by atoms with van der Waals surface area (Å²) in [7, 11) is 0. The summed E-state index contributed by atoms with van der Waals surface area (Å²) in [5.41, 5.74) is 1.21. The van der Waals surface area contributed by atoms with Gasteiger partial charge in [-0.25, -0.2) is 4.98 Å². The Labute approximate surface area is 164 Å². The van der Waals surface area contributed by atoms with Gasteiger partial charge < -0.3 is 15.0 Å². The van der Waals surface area contributed by atoms with E-state index in [1.807, 2.05) is 18.2 Å². The van der Waals surface area contributed by atoms with Crippen LogP contribution in [0.3, 0.4) is 0 Å². The van der Waals surface area contributed by atoms with Gasteiger partial charge in [0.25, 0.3) is 5.91 Å². The number of carbonyl (C=O) groups is 1. The molecule has 1 N–H and O–H groups in total. The summed E-state index contributed by atoms with van der Waals surface area (Å²) in [5, 5.41) is 3.43. The molecule has 4 rings (SSSR count). The molecular weight excluding hydrogens is 362 g/mol. The predicted molar refractivity (Wildman–Crippen MR) is 108 cm³/mol. The molecule has 2 aromatic rings. The van der Waals surface area contributed by atoms with E-state index in [1.165, 1.54) is 12.8 Å². The number of pyridine rings is 1. The number of hydrogen-bond donors (Lipinski definition) is 1. The summed E-state index contributed by atoms with van der Waals surface area (Å²) in [5.74, 6) is 1.42. The Balaban J connectivity index is 1.34. The molecule has 1 unspecified atom stereocenters. The lowest BCUT2D eigenvalue weighted by Crippen LogP contribution is -2.38. The molecule has 3 heterocycles. The molecular formula is C21H24ClN3O2. The lowest BCUT2D eigenvalue weighted by Gasteiger charge is -2.35. The van der Waals surface area contributed by atoms with E-state index in [1.54, 1.807) is 24.4 Å². The lowest BCUT2D eigenvalue weighted by atomic mass is 9.90. The number of hydrogen-bond acceptors (Lipinski definition) is 4. The monoisotopic (exact) mass is 385 g/mol. The quantitative estimate of drug-likeness (QED) is 0.848. The molecule has 0 saturated carbocycles. The Hall–Kier alpha value is -2.11. The van der Waals surface area contributed by atoms with Gasteiger partial charge in [0, 0.05) is 36.6 Å². The lowest BCUT2D eigenvalue weighted by molar-refractivity contribution is 0.0531. The van der Waals surface area contributed by atoms with E-state index in [-0.39, 0.29) is 5.91 Å². The predicted octanol–water partition coefficient (Wildman–Crippen LogP) is 4.38. The van der Waals surface area contributed by atoms with Crippen molar-refractivity contribution in [1.82, 2.24) is 4.98 Å². The number of halogens is 1. The van der Waals surface area contributed by atoms with Gasteiger partial charge in [0.2, 0.25) is 0 Å². The first-order valence-electron chi connectivity index (χ1n) is 9.58. The van der Waals surface area contributed by atoms with Crippen LogP contribution in [0.25, 0.3) is 0 Å². The third-order valence-corrected chi connectivity index (χ3v) is 5.68.